The standard InChI is InChI=1S/C14H24FN3O2S/c1-3-18(4-2)9-5-8-17-21(19,20)13-6-7-14(15)12(10-13)11-16/h6-7,10,17H,3-5,8-9,11,16H2,1-2H3. The first-order chi connectivity index (χ1) is 9.94. The second-order valence-electron chi connectivity index (χ2n) is 4.74. The number of nitrogens with zero attached hydrogens (tertiary/aromatic N) is 1. The Morgan fingerprint density at radius 1 is 1.29 bits per heavy atom. The first kappa shape index (κ1) is 18.0. The minimum absolute atomic E-state index is 0.0306. The molecule has 0 bridgehead atoms. The molecule has 120 valence electrons. The Balaban J connectivity index is 2.61. The van der Waals surface area contributed by atoms with E-state index in [1.807, 2.05) is 0 Å². The van der Waals surface area contributed by atoms with Crippen LogP contribution in [-0.4, -0.2) is 39.5 Å². The normalized spacial score (nSPS) is 12.0. The third kappa shape index (κ3) is 5.35. The summed E-state index contributed by atoms with van der Waals surface area (Å²) in [6.45, 7) is 7.20. The van der Waals surface area contributed by atoms with Crippen molar-refractivity contribution in [2.24, 2.45) is 5.73 Å². The van der Waals surface area contributed by atoms with Gasteiger partial charge in [0.05, 0.1) is 4.90 Å². The van der Waals surface area contributed by atoms with Crippen LogP contribution in [-0.2, 0) is 16.6 Å². The molecule has 1 rings (SSSR count). The molecule has 1 aromatic carbocycles. The van der Waals surface area contributed by atoms with Crippen LogP contribution in [0.3, 0.4) is 0 Å². The Bertz CT molecular complexity index is 545. The van der Waals surface area contributed by atoms with E-state index in [4.69, 9.17) is 5.73 Å². The molecule has 0 heterocycles. The highest BCUT2D eigenvalue weighted by Crippen LogP contribution is 2.14. The molecule has 0 fully saturated rings. The molecule has 1 aromatic rings. The average molecular weight is 317 g/mol. The molecular formula is C14H24FN3O2S. The molecule has 0 aliphatic rings. The van der Waals surface area contributed by atoms with Crippen molar-refractivity contribution in [3.05, 3.63) is 29.6 Å². The molecule has 0 atom stereocenters. The third-order valence-corrected chi connectivity index (χ3v) is 4.84. The van der Waals surface area contributed by atoms with Gasteiger partial charge < -0.3 is 10.6 Å². The summed E-state index contributed by atoms with van der Waals surface area (Å²) in [5.74, 6) is -0.488. The van der Waals surface area contributed by atoms with E-state index >= 15 is 0 Å². The van der Waals surface area contributed by atoms with Crippen molar-refractivity contribution in [1.82, 2.24) is 9.62 Å². The van der Waals surface area contributed by atoms with Crippen molar-refractivity contribution >= 4 is 10.0 Å². The zero-order chi connectivity index (χ0) is 15.9. The summed E-state index contributed by atoms with van der Waals surface area (Å²) in [6.07, 6.45) is 0.728. The molecular weight excluding hydrogens is 293 g/mol. The van der Waals surface area contributed by atoms with Gasteiger partial charge >= 0.3 is 0 Å². The number of nitrogens with one attached hydrogen (secondary N) is 1. The molecule has 0 amide bonds. The van der Waals surface area contributed by atoms with Gasteiger partial charge in [0, 0.05) is 18.7 Å². The van der Waals surface area contributed by atoms with Crippen LogP contribution in [0.1, 0.15) is 25.8 Å². The summed E-state index contributed by atoms with van der Waals surface area (Å²) in [4.78, 5) is 2.27. The Hall–Kier alpha value is -1.02. The molecule has 0 spiro atoms. The van der Waals surface area contributed by atoms with Crippen molar-refractivity contribution < 1.29 is 12.8 Å². The van der Waals surface area contributed by atoms with Crippen LogP contribution in [0.15, 0.2) is 23.1 Å². The maximum Gasteiger partial charge on any atom is 0.240 e. The predicted octanol–water partition coefficient (Wildman–Crippen LogP) is 1.29. The van der Waals surface area contributed by atoms with Crippen molar-refractivity contribution in [1.29, 1.82) is 0 Å². The number of sulfonamides is 1. The van der Waals surface area contributed by atoms with E-state index in [9.17, 15) is 12.8 Å². The van der Waals surface area contributed by atoms with E-state index < -0.39 is 15.8 Å². The Morgan fingerprint density at radius 3 is 2.52 bits per heavy atom. The van der Waals surface area contributed by atoms with Gasteiger partial charge in [-0.1, -0.05) is 13.8 Å². The smallest absolute Gasteiger partial charge is 0.240 e. The quantitative estimate of drug-likeness (QED) is 0.673. The summed E-state index contributed by atoms with van der Waals surface area (Å²) < 4.78 is 40.1. The fourth-order valence-corrected chi connectivity index (χ4v) is 3.13. The maximum absolute atomic E-state index is 13.3. The van der Waals surface area contributed by atoms with Gasteiger partial charge in [0.15, 0.2) is 0 Å². The summed E-state index contributed by atoms with van der Waals surface area (Å²) in [6, 6.07) is 3.66. The summed E-state index contributed by atoms with van der Waals surface area (Å²) in [5.41, 5.74) is 5.58. The number of rotatable bonds is 9. The van der Waals surface area contributed by atoms with Gasteiger partial charge in [-0.2, -0.15) is 0 Å². The summed E-state index contributed by atoms with van der Waals surface area (Å²) in [7, 11) is -3.61. The molecule has 7 heteroatoms. The molecule has 0 saturated heterocycles. The molecule has 0 radical (unpaired) electrons. The molecule has 21 heavy (non-hydrogen) atoms. The van der Waals surface area contributed by atoms with Crippen LogP contribution in [0, 0.1) is 5.82 Å². The topological polar surface area (TPSA) is 75.4 Å². The van der Waals surface area contributed by atoms with Gasteiger partial charge in [0.1, 0.15) is 5.82 Å². The SMILES string of the molecule is CCN(CC)CCCNS(=O)(=O)c1ccc(F)c(CN)c1. The van der Waals surface area contributed by atoms with Crippen LogP contribution in [0.5, 0.6) is 0 Å². The van der Waals surface area contributed by atoms with E-state index in [1.54, 1.807) is 0 Å². The summed E-state index contributed by atoms with van der Waals surface area (Å²) in [5, 5.41) is 0. The lowest BCUT2D eigenvalue weighted by Crippen LogP contribution is -2.30. The van der Waals surface area contributed by atoms with E-state index in [0.29, 0.717) is 6.54 Å². The second kappa shape index (κ2) is 8.43. The van der Waals surface area contributed by atoms with Gasteiger partial charge in [-0.25, -0.2) is 17.5 Å². The Morgan fingerprint density at radius 2 is 1.95 bits per heavy atom. The fourth-order valence-electron chi connectivity index (χ4n) is 2.01. The lowest BCUT2D eigenvalue weighted by Gasteiger charge is -2.17. The lowest BCUT2D eigenvalue weighted by atomic mass is 10.2. The molecule has 3 N–H and O–H groups in total. The van der Waals surface area contributed by atoms with Crippen LogP contribution in [0.4, 0.5) is 4.39 Å². The van der Waals surface area contributed by atoms with Gasteiger partial charge in [-0.05, 0) is 44.3 Å². The average Bonchev–Trinajstić information content (AvgIpc) is 2.47. The van der Waals surface area contributed by atoms with Gasteiger partial charge in [0.25, 0.3) is 0 Å². The Kier molecular flexibility index (Phi) is 7.24. The predicted molar refractivity (Wildman–Crippen MR) is 81.9 cm³/mol. The molecule has 5 nitrogen and oxygen atoms in total. The largest absolute Gasteiger partial charge is 0.326 e. The Labute approximate surface area is 126 Å². The molecule has 0 aliphatic heterocycles. The van der Waals surface area contributed by atoms with Crippen molar-refractivity contribution in [2.75, 3.05) is 26.2 Å². The number of benzene rings is 1. The maximum atomic E-state index is 13.3. The zero-order valence-electron chi connectivity index (χ0n) is 12.6. The fraction of sp³-hybridized carbons (Fsp3) is 0.571. The highest BCUT2D eigenvalue weighted by atomic mass is 32.2. The van der Waals surface area contributed by atoms with Gasteiger partial charge in [-0.15, -0.1) is 0 Å². The minimum Gasteiger partial charge on any atom is -0.326 e. The van der Waals surface area contributed by atoms with Crippen molar-refractivity contribution in [3.8, 4) is 0 Å². The van der Waals surface area contributed by atoms with Crippen LogP contribution in [0.25, 0.3) is 0 Å². The highest BCUT2D eigenvalue weighted by Gasteiger charge is 2.15. The number of hydrogen-bond acceptors (Lipinski definition) is 4. The van der Waals surface area contributed by atoms with Crippen molar-refractivity contribution in [3.63, 3.8) is 0 Å². The van der Waals surface area contributed by atoms with E-state index in [2.05, 4.69) is 23.5 Å². The molecule has 0 saturated carbocycles. The first-order valence-corrected chi connectivity index (χ1v) is 8.63. The lowest BCUT2D eigenvalue weighted by molar-refractivity contribution is 0.300. The van der Waals surface area contributed by atoms with E-state index in [1.165, 1.54) is 12.1 Å². The van der Waals surface area contributed by atoms with Gasteiger partial charge in [-0.3, -0.25) is 0 Å². The van der Waals surface area contributed by atoms with Crippen LogP contribution < -0.4 is 10.5 Å². The molecule has 0 aliphatic carbocycles. The zero-order valence-corrected chi connectivity index (χ0v) is 13.4. The van der Waals surface area contributed by atoms with Crippen molar-refractivity contribution in [2.45, 2.75) is 31.7 Å². The number of nitrogens with two attached hydrogens (primary N) is 1. The highest BCUT2D eigenvalue weighted by molar-refractivity contribution is 7.89. The van der Waals surface area contributed by atoms with Crippen LogP contribution >= 0.6 is 0 Å². The summed E-state index contributed by atoms with van der Waals surface area (Å²) >= 11 is 0. The molecule has 0 unspecified atom stereocenters. The minimum atomic E-state index is -3.61. The monoisotopic (exact) mass is 317 g/mol. The van der Waals surface area contributed by atoms with Gasteiger partial charge in [0.2, 0.25) is 10.0 Å². The third-order valence-electron chi connectivity index (χ3n) is 3.39. The van der Waals surface area contributed by atoms with E-state index in [-0.39, 0.29) is 17.0 Å². The van der Waals surface area contributed by atoms with E-state index in [0.717, 1.165) is 32.1 Å². The van der Waals surface area contributed by atoms with Crippen LogP contribution in [0.2, 0.25) is 0 Å². The number of hydrogen-bond donors (Lipinski definition) is 2. The first-order valence-electron chi connectivity index (χ1n) is 7.15. The second-order valence-corrected chi connectivity index (χ2v) is 6.50. The number of halogens is 1. The molecule has 0 aromatic heterocycles.